The van der Waals surface area contributed by atoms with E-state index in [2.05, 4.69) is 30.8 Å². The molecule has 2 aromatic heterocycles. The van der Waals surface area contributed by atoms with Crippen molar-refractivity contribution < 1.29 is 28.3 Å². The van der Waals surface area contributed by atoms with Gasteiger partial charge < -0.3 is 25.3 Å². The standard InChI is InChI=1S/C39H49FN8O5/c1-39(2,3)53-38(52)43-31(23-40)24-11-13-25(14-12-24)36(50)47-20-17-33(46-18-7-4-8-19-46)34(47)35(49)41-27-15-16-28-26(21-27)22-30(42-28)37(51)48-32-10-6-5-9-29(32)44-45-48/h5-6,9-10,15-16,21-22,24-25,31,33-34,42H,4,7-8,11-14,17-20,23H2,1-3H3,(H,41,49)(H,43,52)/t24?,25?,31-,33-,34+/m1/s1. The molecule has 0 radical (unpaired) electrons. The van der Waals surface area contributed by atoms with Crippen LogP contribution in [0.4, 0.5) is 14.9 Å². The van der Waals surface area contributed by atoms with E-state index in [0.29, 0.717) is 61.1 Å². The number of rotatable bonds is 8. The van der Waals surface area contributed by atoms with Gasteiger partial charge in [-0.25, -0.2) is 9.18 Å². The number of nitrogens with zero attached hydrogens (tertiary/aromatic N) is 5. The number of halogens is 1. The fourth-order valence-electron chi connectivity index (χ4n) is 8.39. The Bertz CT molecular complexity index is 1970. The second-order valence-electron chi connectivity index (χ2n) is 15.7. The summed E-state index contributed by atoms with van der Waals surface area (Å²) in [6.45, 7) is 6.86. The number of H-pyrrole nitrogens is 1. The number of hydrogen-bond acceptors (Lipinski definition) is 8. The molecule has 0 unspecified atom stereocenters. The summed E-state index contributed by atoms with van der Waals surface area (Å²) in [7, 11) is 0. The SMILES string of the molecule is CC(C)(C)OC(=O)N[C@H](CF)C1CCC(C(=O)N2CC[C@@H](N3CCCCC3)[C@H]2C(=O)Nc2ccc3[nH]c(C(=O)n4nnc5ccccc54)cc3c2)CC1. The summed E-state index contributed by atoms with van der Waals surface area (Å²) in [6.07, 6.45) is 5.65. The highest BCUT2D eigenvalue weighted by molar-refractivity contribution is 6.04. The zero-order valence-corrected chi connectivity index (χ0v) is 30.6. The van der Waals surface area contributed by atoms with Crippen LogP contribution >= 0.6 is 0 Å². The molecule has 4 heterocycles. The van der Waals surface area contributed by atoms with E-state index in [1.165, 1.54) is 4.68 Å². The van der Waals surface area contributed by atoms with Crippen molar-refractivity contribution in [1.29, 1.82) is 0 Å². The average molecular weight is 729 g/mol. The lowest BCUT2D eigenvalue weighted by Gasteiger charge is -2.38. The Hall–Kier alpha value is -4.85. The van der Waals surface area contributed by atoms with E-state index in [1.54, 1.807) is 49.9 Å². The molecule has 1 saturated carbocycles. The molecule has 4 aromatic rings. The zero-order chi connectivity index (χ0) is 37.3. The first-order valence-corrected chi connectivity index (χ1v) is 18.9. The van der Waals surface area contributed by atoms with E-state index in [0.717, 1.165) is 43.3 Å². The molecule has 13 nitrogen and oxygen atoms in total. The number of nitrogens with one attached hydrogen (secondary N) is 3. The normalized spacial score (nSPS) is 23.2. The van der Waals surface area contributed by atoms with Gasteiger partial charge in [-0.3, -0.25) is 19.3 Å². The number of piperidine rings is 1. The van der Waals surface area contributed by atoms with E-state index < -0.39 is 30.5 Å². The summed E-state index contributed by atoms with van der Waals surface area (Å²) in [6, 6.07) is 13.0. The zero-order valence-electron chi connectivity index (χ0n) is 30.6. The first kappa shape index (κ1) is 36.5. The molecule has 2 aliphatic heterocycles. The number of anilines is 1. The maximum atomic E-state index is 14.3. The summed E-state index contributed by atoms with van der Waals surface area (Å²) in [5.41, 5.74) is 2.17. The number of fused-ring (bicyclic) bond motifs is 2. The highest BCUT2D eigenvalue weighted by atomic mass is 19.1. The molecule has 1 aliphatic carbocycles. The Labute approximate surface area is 308 Å². The van der Waals surface area contributed by atoms with Crippen LogP contribution in [0.15, 0.2) is 48.5 Å². The van der Waals surface area contributed by atoms with Crippen molar-refractivity contribution in [3.8, 4) is 0 Å². The van der Waals surface area contributed by atoms with Crippen LogP contribution in [0.1, 0.15) is 82.6 Å². The molecule has 0 bridgehead atoms. The minimum Gasteiger partial charge on any atom is -0.444 e. The van der Waals surface area contributed by atoms with Crippen molar-refractivity contribution in [2.45, 2.75) is 95.9 Å². The number of carbonyl (C=O) groups excluding carboxylic acids is 4. The highest BCUT2D eigenvalue weighted by Crippen LogP contribution is 2.36. The molecular weight excluding hydrogens is 679 g/mol. The molecule has 0 spiro atoms. The number of alkyl carbamates (subject to hydrolysis) is 1. The Morgan fingerprint density at radius 2 is 1.72 bits per heavy atom. The van der Waals surface area contributed by atoms with Gasteiger partial charge in [-0.2, -0.15) is 4.68 Å². The highest BCUT2D eigenvalue weighted by Gasteiger charge is 2.46. The number of aromatic nitrogens is 4. The van der Waals surface area contributed by atoms with E-state index in [-0.39, 0.29) is 35.6 Å². The second kappa shape index (κ2) is 15.2. The van der Waals surface area contributed by atoms with Gasteiger partial charge in [-0.1, -0.05) is 23.8 Å². The fourth-order valence-corrected chi connectivity index (χ4v) is 8.39. The van der Waals surface area contributed by atoms with Gasteiger partial charge in [-0.05, 0) is 121 Å². The van der Waals surface area contributed by atoms with Gasteiger partial charge in [0.25, 0.3) is 5.91 Å². The minimum absolute atomic E-state index is 0.0371. The van der Waals surface area contributed by atoms with Crippen LogP contribution in [0.2, 0.25) is 0 Å². The Morgan fingerprint density at radius 1 is 0.962 bits per heavy atom. The van der Waals surface area contributed by atoms with E-state index in [9.17, 15) is 23.6 Å². The fraction of sp³-hybridized carbons (Fsp3) is 0.538. The third-order valence-electron chi connectivity index (χ3n) is 11.0. The molecular formula is C39H49FN8O5. The molecule has 282 valence electrons. The number of ether oxygens (including phenoxy) is 1. The van der Waals surface area contributed by atoms with Crippen LogP contribution in [0.3, 0.4) is 0 Å². The third kappa shape index (κ3) is 7.92. The Balaban J connectivity index is 1.04. The van der Waals surface area contributed by atoms with Gasteiger partial charge in [0.2, 0.25) is 11.8 Å². The summed E-state index contributed by atoms with van der Waals surface area (Å²) in [5.74, 6) is -1.01. The van der Waals surface area contributed by atoms with Crippen molar-refractivity contribution in [3.63, 3.8) is 0 Å². The van der Waals surface area contributed by atoms with Gasteiger partial charge in [0.1, 0.15) is 29.5 Å². The van der Waals surface area contributed by atoms with E-state index >= 15 is 0 Å². The van der Waals surface area contributed by atoms with Crippen LogP contribution in [0.5, 0.6) is 0 Å². The summed E-state index contributed by atoms with van der Waals surface area (Å²) < 4.78 is 20.7. The molecule has 2 saturated heterocycles. The van der Waals surface area contributed by atoms with Crippen LogP contribution in [0, 0.1) is 11.8 Å². The Kier molecular flexibility index (Phi) is 10.5. The van der Waals surface area contributed by atoms with Crippen molar-refractivity contribution >= 4 is 51.4 Å². The Morgan fingerprint density at radius 3 is 2.45 bits per heavy atom. The van der Waals surface area contributed by atoms with Gasteiger partial charge in [0, 0.05) is 35.1 Å². The maximum Gasteiger partial charge on any atom is 0.407 e. The number of alkyl halides is 1. The van der Waals surface area contributed by atoms with Crippen LogP contribution in [-0.4, -0.2) is 104 Å². The smallest absolute Gasteiger partial charge is 0.407 e. The number of carbonyl (C=O) groups is 4. The number of benzene rings is 2. The average Bonchev–Trinajstić information content (AvgIpc) is 3.90. The monoisotopic (exact) mass is 728 g/mol. The summed E-state index contributed by atoms with van der Waals surface area (Å²) in [4.78, 5) is 61.5. The molecule has 3 atom stereocenters. The van der Waals surface area contributed by atoms with Crippen LogP contribution < -0.4 is 10.6 Å². The number of amides is 3. The lowest BCUT2D eigenvalue weighted by atomic mass is 9.78. The molecule has 14 heteroatoms. The van der Waals surface area contributed by atoms with Crippen molar-refractivity contribution in [2.75, 3.05) is 31.6 Å². The minimum atomic E-state index is -0.709. The summed E-state index contributed by atoms with van der Waals surface area (Å²) in [5, 5.41) is 14.7. The number of aromatic amines is 1. The maximum absolute atomic E-state index is 14.3. The molecule has 7 rings (SSSR count). The van der Waals surface area contributed by atoms with Crippen LogP contribution in [0.25, 0.3) is 21.9 Å². The predicted molar refractivity (Wildman–Crippen MR) is 198 cm³/mol. The van der Waals surface area contributed by atoms with Gasteiger partial charge in [0.05, 0.1) is 11.6 Å². The first-order valence-electron chi connectivity index (χ1n) is 18.9. The largest absolute Gasteiger partial charge is 0.444 e. The quantitative estimate of drug-likeness (QED) is 0.210. The second-order valence-corrected chi connectivity index (χ2v) is 15.7. The number of likely N-dealkylation sites (tertiary alicyclic amines) is 2. The molecule has 3 N–H and O–H groups in total. The number of para-hydroxylation sites is 1. The van der Waals surface area contributed by atoms with Crippen LogP contribution in [-0.2, 0) is 14.3 Å². The van der Waals surface area contributed by atoms with Crippen molar-refractivity contribution in [3.05, 3.63) is 54.2 Å². The molecule has 53 heavy (non-hydrogen) atoms. The van der Waals surface area contributed by atoms with Gasteiger partial charge in [-0.15, -0.1) is 5.10 Å². The van der Waals surface area contributed by atoms with Gasteiger partial charge >= 0.3 is 6.09 Å². The predicted octanol–water partition coefficient (Wildman–Crippen LogP) is 5.66. The summed E-state index contributed by atoms with van der Waals surface area (Å²) >= 11 is 0. The van der Waals surface area contributed by atoms with E-state index in [1.807, 2.05) is 24.3 Å². The molecule has 2 aromatic carbocycles. The molecule has 3 amide bonds. The van der Waals surface area contributed by atoms with E-state index in [4.69, 9.17) is 4.74 Å². The molecule has 3 aliphatic rings. The third-order valence-corrected chi connectivity index (χ3v) is 11.0. The van der Waals surface area contributed by atoms with Gasteiger partial charge in [0.15, 0.2) is 0 Å². The van der Waals surface area contributed by atoms with Crippen molar-refractivity contribution in [1.82, 2.24) is 35.1 Å². The van der Waals surface area contributed by atoms with Crippen molar-refractivity contribution in [2.24, 2.45) is 11.8 Å². The topological polar surface area (TPSA) is 155 Å². The number of hydrogen-bond donors (Lipinski definition) is 3. The first-order chi connectivity index (χ1) is 25.5. The lowest BCUT2D eigenvalue weighted by molar-refractivity contribution is -0.142. The lowest BCUT2D eigenvalue weighted by Crippen LogP contribution is -2.55. The molecule has 3 fully saturated rings.